The Bertz CT molecular complexity index is 630. The fourth-order valence-corrected chi connectivity index (χ4v) is 4.64. The number of hydrogen-bond donors (Lipinski definition) is 0. The van der Waals surface area contributed by atoms with Crippen LogP contribution in [0.25, 0.3) is 0 Å². The molecular formula is C15H25N3O3S. The molecule has 22 heavy (non-hydrogen) atoms. The molecule has 7 heteroatoms. The minimum Gasteiger partial charge on any atom is -0.361 e. The van der Waals surface area contributed by atoms with Crippen molar-refractivity contribution in [2.75, 3.05) is 27.2 Å². The molecule has 1 fully saturated rings. The van der Waals surface area contributed by atoms with Crippen molar-refractivity contribution in [3.05, 3.63) is 17.0 Å². The van der Waals surface area contributed by atoms with Gasteiger partial charge in [0.2, 0.25) is 0 Å². The van der Waals surface area contributed by atoms with E-state index in [0.29, 0.717) is 24.9 Å². The Kier molecular flexibility index (Phi) is 4.31. The normalized spacial score (nSPS) is 24.6. The average Bonchev–Trinajstić information content (AvgIpc) is 2.90. The van der Waals surface area contributed by atoms with Gasteiger partial charge >= 0.3 is 0 Å². The van der Waals surface area contributed by atoms with Crippen LogP contribution in [0, 0.1) is 5.92 Å². The summed E-state index contributed by atoms with van der Waals surface area (Å²) in [5.74, 6) is 2.00. The zero-order chi connectivity index (χ0) is 15.9. The number of rotatable bonds is 3. The third kappa shape index (κ3) is 2.81. The first kappa shape index (κ1) is 16.0. The largest absolute Gasteiger partial charge is 0.361 e. The smallest absolute Gasteiger partial charge is 0.281 e. The summed E-state index contributed by atoms with van der Waals surface area (Å²) in [5.41, 5.74) is 2.42. The molecule has 0 amide bonds. The summed E-state index contributed by atoms with van der Waals surface area (Å²) >= 11 is 0. The van der Waals surface area contributed by atoms with Gasteiger partial charge in [0, 0.05) is 38.7 Å². The standard InChI is InChI=1S/C15H25N3O3S/c1-11-4-5-14-13(10-11)15(21-16-14)12-6-8-18(9-7-12)22(19,20)17(2)3/h11-12H,4-10H2,1-3H3/t11-/m1/s1. The summed E-state index contributed by atoms with van der Waals surface area (Å²) in [5, 5.41) is 4.25. The lowest BCUT2D eigenvalue weighted by Gasteiger charge is -2.32. The number of aryl methyl sites for hydroxylation is 1. The molecule has 0 aromatic carbocycles. The van der Waals surface area contributed by atoms with Crippen molar-refractivity contribution in [1.82, 2.24) is 13.8 Å². The molecule has 1 atom stereocenters. The second-order valence-electron chi connectivity index (χ2n) is 6.78. The molecule has 0 N–H and O–H groups in total. The van der Waals surface area contributed by atoms with Crippen LogP contribution >= 0.6 is 0 Å². The molecule has 124 valence electrons. The zero-order valence-corrected chi connectivity index (χ0v) is 14.4. The fourth-order valence-electron chi connectivity index (χ4n) is 3.51. The molecule has 1 aromatic heterocycles. The highest BCUT2D eigenvalue weighted by molar-refractivity contribution is 7.86. The summed E-state index contributed by atoms with van der Waals surface area (Å²) in [6.45, 7) is 3.37. The average molecular weight is 327 g/mol. The van der Waals surface area contributed by atoms with E-state index in [0.717, 1.165) is 37.1 Å². The zero-order valence-electron chi connectivity index (χ0n) is 13.6. The van der Waals surface area contributed by atoms with Crippen LogP contribution in [0.2, 0.25) is 0 Å². The Labute approximate surface area is 132 Å². The number of fused-ring (bicyclic) bond motifs is 1. The van der Waals surface area contributed by atoms with E-state index in [2.05, 4.69) is 12.1 Å². The van der Waals surface area contributed by atoms with E-state index in [9.17, 15) is 8.42 Å². The maximum Gasteiger partial charge on any atom is 0.281 e. The summed E-state index contributed by atoms with van der Waals surface area (Å²) < 4.78 is 32.8. The molecule has 0 saturated carbocycles. The van der Waals surface area contributed by atoms with Gasteiger partial charge in [-0.25, -0.2) is 0 Å². The topological polar surface area (TPSA) is 66.7 Å². The quantitative estimate of drug-likeness (QED) is 0.849. The summed E-state index contributed by atoms with van der Waals surface area (Å²) in [7, 11) is -0.140. The Balaban J connectivity index is 1.72. The molecule has 0 bridgehead atoms. The van der Waals surface area contributed by atoms with E-state index in [4.69, 9.17) is 4.52 Å². The molecule has 0 spiro atoms. The van der Waals surface area contributed by atoms with Crippen LogP contribution in [0.1, 0.15) is 49.1 Å². The number of nitrogens with zero attached hydrogens (tertiary/aromatic N) is 3. The van der Waals surface area contributed by atoms with Crippen LogP contribution in [-0.2, 0) is 23.1 Å². The van der Waals surface area contributed by atoms with Crippen LogP contribution in [-0.4, -0.2) is 49.4 Å². The van der Waals surface area contributed by atoms with E-state index in [1.54, 1.807) is 18.4 Å². The van der Waals surface area contributed by atoms with Crippen LogP contribution in [0.5, 0.6) is 0 Å². The highest BCUT2D eigenvalue weighted by atomic mass is 32.2. The molecule has 2 aliphatic rings. The highest BCUT2D eigenvalue weighted by Crippen LogP contribution is 2.36. The monoisotopic (exact) mass is 327 g/mol. The van der Waals surface area contributed by atoms with Crippen molar-refractivity contribution in [2.45, 2.75) is 44.9 Å². The SMILES string of the molecule is C[C@@H]1CCc2noc(C3CCN(S(=O)(=O)N(C)C)CC3)c2C1. The van der Waals surface area contributed by atoms with Crippen molar-refractivity contribution in [1.29, 1.82) is 0 Å². The van der Waals surface area contributed by atoms with Crippen molar-refractivity contribution in [2.24, 2.45) is 5.92 Å². The molecule has 6 nitrogen and oxygen atoms in total. The van der Waals surface area contributed by atoms with Crippen LogP contribution in [0.4, 0.5) is 0 Å². The van der Waals surface area contributed by atoms with Gasteiger partial charge < -0.3 is 4.52 Å². The van der Waals surface area contributed by atoms with Gasteiger partial charge in [-0.05, 0) is 38.0 Å². The summed E-state index contributed by atoms with van der Waals surface area (Å²) in [6, 6.07) is 0. The van der Waals surface area contributed by atoms with Gasteiger partial charge in [0.15, 0.2) is 0 Å². The van der Waals surface area contributed by atoms with Gasteiger partial charge in [0.05, 0.1) is 5.69 Å². The van der Waals surface area contributed by atoms with E-state index in [-0.39, 0.29) is 0 Å². The van der Waals surface area contributed by atoms with Crippen molar-refractivity contribution in [3.63, 3.8) is 0 Å². The third-order valence-corrected chi connectivity index (χ3v) is 6.88. The molecule has 1 aliphatic heterocycles. The Morgan fingerprint density at radius 2 is 1.91 bits per heavy atom. The lowest BCUT2D eigenvalue weighted by molar-refractivity contribution is 0.265. The molecule has 1 aliphatic carbocycles. The van der Waals surface area contributed by atoms with Gasteiger partial charge in [-0.2, -0.15) is 17.0 Å². The maximum atomic E-state index is 12.2. The van der Waals surface area contributed by atoms with Crippen molar-refractivity contribution < 1.29 is 12.9 Å². The molecule has 2 heterocycles. The van der Waals surface area contributed by atoms with Crippen LogP contribution in [0.3, 0.4) is 0 Å². The minimum atomic E-state index is -3.30. The second-order valence-corrected chi connectivity index (χ2v) is 8.93. The Morgan fingerprint density at radius 1 is 1.23 bits per heavy atom. The molecule has 0 unspecified atom stereocenters. The molecule has 1 aromatic rings. The first-order valence-corrected chi connectivity index (χ1v) is 9.44. The Morgan fingerprint density at radius 3 is 2.55 bits per heavy atom. The van der Waals surface area contributed by atoms with Crippen molar-refractivity contribution >= 4 is 10.2 Å². The molecular weight excluding hydrogens is 302 g/mol. The molecule has 3 rings (SSSR count). The Hall–Kier alpha value is -0.920. The molecule has 0 radical (unpaired) electrons. The summed E-state index contributed by atoms with van der Waals surface area (Å²) in [4.78, 5) is 0. The van der Waals surface area contributed by atoms with Gasteiger partial charge in [0.1, 0.15) is 5.76 Å². The summed E-state index contributed by atoms with van der Waals surface area (Å²) in [6.07, 6.45) is 4.85. The second kappa shape index (κ2) is 5.94. The van der Waals surface area contributed by atoms with Crippen molar-refractivity contribution in [3.8, 4) is 0 Å². The van der Waals surface area contributed by atoms with E-state index >= 15 is 0 Å². The lowest BCUT2D eigenvalue weighted by Crippen LogP contribution is -2.44. The van der Waals surface area contributed by atoms with Gasteiger partial charge in [-0.3, -0.25) is 0 Å². The van der Waals surface area contributed by atoms with Crippen LogP contribution < -0.4 is 0 Å². The first-order valence-electron chi connectivity index (χ1n) is 8.04. The maximum absolute atomic E-state index is 12.2. The van der Waals surface area contributed by atoms with Gasteiger partial charge in [0.25, 0.3) is 10.2 Å². The van der Waals surface area contributed by atoms with Crippen LogP contribution in [0.15, 0.2) is 4.52 Å². The molecule has 1 saturated heterocycles. The first-order chi connectivity index (χ1) is 10.4. The lowest BCUT2D eigenvalue weighted by atomic mass is 9.83. The van der Waals surface area contributed by atoms with E-state index < -0.39 is 10.2 Å². The highest BCUT2D eigenvalue weighted by Gasteiger charge is 2.34. The van der Waals surface area contributed by atoms with E-state index in [1.807, 2.05) is 0 Å². The minimum absolute atomic E-state index is 0.301. The number of piperidine rings is 1. The van der Waals surface area contributed by atoms with Gasteiger partial charge in [-0.15, -0.1) is 0 Å². The predicted octanol–water partition coefficient (Wildman–Crippen LogP) is 1.79. The number of aromatic nitrogens is 1. The van der Waals surface area contributed by atoms with Gasteiger partial charge in [-0.1, -0.05) is 12.1 Å². The van der Waals surface area contributed by atoms with E-state index in [1.165, 1.54) is 16.3 Å². The fraction of sp³-hybridized carbons (Fsp3) is 0.800. The number of hydrogen-bond acceptors (Lipinski definition) is 4. The third-order valence-electron chi connectivity index (χ3n) is 4.94. The predicted molar refractivity (Wildman–Crippen MR) is 83.8 cm³/mol.